The number of aromatic nitrogens is 2. The molecule has 0 aromatic carbocycles. The highest BCUT2D eigenvalue weighted by molar-refractivity contribution is 6.32. The number of hydrogen-bond acceptors (Lipinski definition) is 2. The Kier molecular flexibility index (Phi) is 3.24. The van der Waals surface area contributed by atoms with E-state index in [1.54, 1.807) is 6.20 Å². The molecule has 0 N–H and O–H groups in total. The van der Waals surface area contributed by atoms with Crippen LogP contribution in [0.3, 0.4) is 0 Å². The van der Waals surface area contributed by atoms with Gasteiger partial charge in [-0.15, -0.1) is 0 Å². The minimum absolute atomic E-state index is 0.104. The highest BCUT2D eigenvalue weighted by atomic mass is 35.5. The lowest BCUT2D eigenvalue weighted by Crippen LogP contribution is -2.41. The third-order valence-corrected chi connectivity index (χ3v) is 5.72. The van der Waals surface area contributed by atoms with Gasteiger partial charge in [0.1, 0.15) is 5.65 Å². The van der Waals surface area contributed by atoms with Crippen molar-refractivity contribution in [3.05, 3.63) is 28.5 Å². The van der Waals surface area contributed by atoms with Gasteiger partial charge in [-0.3, -0.25) is 4.79 Å². The number of pyridine rings is 1. The molecule has 122 valence electrons. The maximum absolute atomic E-state index is 12.4. The van der Waals surface area contributed by atoms with E-state index >= 15 is 0 Å². The van der Waals surface area contributed by atoms with E-state index in [0.29, 0.717) is 23.4 Å². The molecule has 1 unspecified atom stereocenters. The van der Waals surface area contributed by atoms with Crippen molar-refractivity contribution in [3.63, 3.8) is 0 Å². The molecule has 0 radical (unpaired) electrons. The van der Waals surface area contributed by atoms with Crippen molar-refractivity contribution in [2.45, 2.75) is 52.6 Å². The first-order valence-electron chi connectivity index (χ1n) is 8.28. The first-order valence-corrected chi connectivity index (χ1v) is 8.66. The Morgan fingerprint density at radius 3 is 2.87 bits per heavy atom. The van der Waals surface area contributed by atoms with Crippen LogP contribution in [-0.2, 0) is 17.8 Å². The molecule has 1 fully saturated rings. The van der Waals surface area contributed by atoms with Crippen molar-refractivity contribution in [1.82, 2.24) is 14.5 Å². The van der Waals surface area contributed by atoms with E-state index in [4.69, 9.17) is 11.6 Å². The van der Waals surface area contributed by atoms with Crippen LogP contribution >= 0.6 is 11.6 Å². The number of amides is 1. The van der Waals surface area contributed by atoms with E-state index < -0.39 is 0 Å². The average molecular weight is 332 g/mol. The first kappa shape index (κ1) is 15.0. The zero-order chi connectivity index (χ0) is 16.4. The molecule has 4 heterocycles. The Bertz CT molecular complexity index is 808. The number of aryl methyl sites for hydroxylation is 2. The van der Waals surface area contributed by atoms with Gasteiger partial charge < -0.3 is 9.47 Å². The Morgan fingerprint density at radius 2 is 2.17 bits per heavy atom. The number of rotatable bonds is 1. The fraction of sp³-hybridized carbons (Fsp3) is 0.556. The summed E-state index contributed by atoms with van der Waals surface area (Å²) in [7, 11) is 0. The van der Waals surface area contributed by atoms with E-state index in [1.807, 2.05) is 6.92 Å². The molecular formula is C18H22ClN3O. The van der Waals surface area contributed by atoms with Crippen LogP contribution in [-0.4, -0.2) is 32.9 Å². The average Bonchev–Trinajstić information content (AvgIpc) is 2.99. The van der Waals surface area contributed by atoms with E-state index in [1.165, 1.54) is 5.69 Å². The summed E-state index contributed by atoms with van der Waals surface area (Å²) in [6.07, 6.45) is 4.32. The molecule has 4 nitrogen and oxygen atoms in total. The summed E-state index contributed by atoms with van der Waals surface area (Å²) in [5, 5.41) is 1.86. The summed E-state index contributed by atoms with van der Waals surface area (Å²) < 4.78 is 2.29. The number of carbonyl (C=O) groups is 1. The maximum Gasteiger partial charge on any atom is 0.223 e. The summed E-state index contributed by atoms with van der Waals surface area (Å²) in [6, 6.07) is 2.53. The second-order valence-corrected chi connectivity index (χ2v) is 8.17. The van der Waals surface area contributed by atoms with Gasteiger partial charge in [0, 0.05) is 49.2 Å². The Hall–Kier alpha value is -1.55. The molecule has 0 aliphatic carbocycles. The monoisotopic (exact) mass is 331 g/mol. The van der Waals surface area contributed by atoms with Gasteiger partial charge in [0.05, 0.1) is 5.02 Å². The summed E-state index contributed by atoms with van der Waals surface area (Å²) in [5.41, 5.74) is 3.49. The number of fused-ring (bicyclic) bond motifs is 3. The van der Waals surface area contributed by atoms with Crippen molar-refractivity contribution < 1.29 is 4.79 Å². The third kappa shape index (κ3) is 2.35. The fourth-order valence-electron chi connectivity index (χ4n) is 4.10. The van der Waals surface area contributed by atoms with E-state index in [-0.39, 0.29) is 5.41 Å². The topological polar surface area (TPSA) is 38.1 Å². The minimum atomic E-state index is 0.104. The molecule has 23 heavy (non-hydrogen) atoms. The largest absolute Gasteiger partial charge is 0.339 e. The van der Waals surface area contributed by atoms with Crippen LogP contribution in [0.2, 0.25) is 5.02 Å². The van der Waals surface area contributed by atoms with E-state index in [9.17, 15) is 4.79 Å². The van der Waals surface area contributed by atoms with Crippen LogP contribution in [0.25, 0.3) is 11.0 Å². The quantitative estimate of drug-likeness (QED) is 0.801. The standard InChI is InChI=1S/C18H22ClN3O/c1-11-14-7-13-6-12(22-10-18(2,3)8-16(22)23)4-5-21(13)17(14)20-9-15(11)19/h7,9,12H,4-6,8,10H2,1-3H3. The van der Waals surface area contributed by atoms with Gasteiger partial charge in [-0.25, -0.2) is 4.98 Å². The summed E-state index contributed by atoms with van der Waals surface area (Å²) in [4.78, 5) is 19.0. The third-order valence-electron chi connectivity index (χ3n) is 5.34. The molecule has 1 saturated heterocycles. The van der Waals surface area contributed by atoms with Crippen molar-refractivity contribution in [1.29, 1.82) is 0 Å². The lowest BCUT2D eigenvalue weighted by Gasteiger charge is -2.33. The molecule has 5 heteroatoms. The van der Waals surface area contributed by atoms with Gasteiger partial charge >= 0.3 is 0 Å². The van der Waals surface area contributed by atoms with Crippen LogP contribution < -0.4 is 0 Å². The van der Waals surface area contributed by atoms with Gasteiger partial charge in [-0.1, -0.05) is 25.4 Å². The van der Waals surface area contributed by atoms with Crippen molar-refractivity contribution >= 4 is 28.5 Å². The Balaban J connectivity index is 1.68. The SMILES string of the molecule is Cc1c(Cl)cnc2c1cc1n2CCC(N2CC(C)(C)CC2=O)C1. The smallest absolute Gasteiger partial charge is 0.223 e. The van der Waals surface area contributed by atoms with Gasteiger partial charge in [0.25, 0.3) is 0 Å². The van der Waals surface area contributed by atoms with Gasteiger partial charge in [0.2, 0.25) is 5.91 Å². The molecule has 2 aliphatic rings. The zero-order valence-electron chi connectivity index (χ0n) is 13.9. The van der Waals surface area contributed by atoms with Gasteiger partial charge in [-0.2, -0.15) is 0 Å². The second kappa shape index (κ2) is 4.97. The lowest BCUT2D eigenvalue weighted by molar-refractivity contribution is -0.130. The normalized spacial score (nSPS) is 23.6. The molecular weight excluding hydrogens is 310 g/mol. The van der Waals surface area contributed by atoms with Crippen LogP contribution in [0.5, 0.6) is 0 Å². The number of likely N-dealkylation sites (tertiary alicyclic amines) is 1. The molecule has 1 atom stereocenters. The minimum Gasteiger partial charge on any atom is -0.339 e. The van der Waals surface area contributed by atoms with Gasteiger partial charge in [-0.05, 0) is 30.4 Å². The Labute approximate surface area is 141 Å². The van der Waals surface area contributed by atoms with E-state index in [0.717, 1.165) is 42.5 Å². The van der Waals surface area contributed by atoms with Crippen molar-refractivity contribution in [3.8, 4) is 0 Å². The molecule has 2 aliphatic heterocycles. The van der Waals surface area contributed by atoms with Crippen LogP contribution in [0.4, 0.5) is 0 Å². The second-order valence-electron chi connectivity index (χ2n) is 7.76. The van der Waals surface area contributed by atoms with Crippen molar-refractivity contribution in [2.75, 3.05) is 6.54 Å². The molecule has 0 saturated carbocycles. The predicted octanol–water partition coefficient (Wildman–Crippen LogP) is 3.57. The Morgan fingerprint density at radius 1 is 1.39 bits per heavy atom. The van der Waals surface area contributed by atoms with E-state index in [2.05, 4.69) is 34.4 Å². The number of carbonyl (C=O) groups excluding carboxylic acids is 1. The molecule has 0 bridgehead atoms. The lowest BCUT2D eigenvalue weighted by atomic mass is 9.93. The highest BCUT2D eigenvalue weighted by Crippen LogP contribution is 2.35. The summed E-state index contributed by atoms with van der Waals surface area (Å²) in [5.74, 6) is 0.307. The van der Waals surface area contributed by atoms with Crippen molar-refractivity contribution in [2.24, 2.45) is 5.41 Å². The molecule has 0 spiro atoms. The predicted molar refractivity (Wildman–Crippen MR) is 91.7 cm³/mol. The van der Waals surface area contributed by atoms with Gasteiger partial charge in [0.15, 0.2) is 0 Å². The first-order chi connectivity index (χ1) is 10.9. The summed E-state index contributed by atoms with van der Waals surface area (Å²) >= 11 is 6.21. The van der Waals surface area contributed by atoms with Crippen LogP contribution in [0.1, 0.15) is 37.9 Å². The zero-order valence-corrected chi connectivity index (χ0v) is 14.7. The maximum atomic E-state index is 12.4. The van der Waals surface area contributed by atoms with Crippen LogP contribution in [0.15, 0.2) is 12.3 Å². The molecule has 1 amide bonds. The summed E-state index contributed by atoms with van der Waals surface area (Å²) in [6.45, 7) is 8.20. The highest BCUT2D eigenvalue weighted by Gasteiger charge is 2.40. The molecule has 2 aromatic rings. The number of hydrogen-bond donors (Lipinski definition) is 0. The molecule has 2 aromatic heterocycles. The molecule has 4 rings (SSSR count). The number of halogens is 1. The number of nitrogens with zero attached hydrogens (tertiary/aromatic N) is 3. The van der Waals surface area contributed by atoms with Crippen LogP contribution in [0, 0.1) is 12.3 Å². The fourth-order valence-corrected chi connectivity index (χ4v) is 4.25.